The Hall–Kier alpha value is 0.0400. The molecule has 19 heavy (non-hydrogen) atoms. The van der Waals surface area contributed by atoms with Crippen LogP contribution < -0.4 is 0 Å². The van der Waals surface area contributed by atoms with Crippen molar-refractivity contribution in [3.8, 4) is 0 Å². The molecule has 0 bridgehead atoms. The first-order valence-electron chi connectivity index (χ1n) is 4.73. The van der Waals surface area contributed by atoms with E-state index < -0.39 is 0 Å². The molecule has 9 heteroatoms. The minimum atomic E-state index is -0.306. The SMILES string of the molecule is O=C1c2nsnc2C(=O)c2c(Br)c(Br)c(Br)c(Br)c21. The summed E-state index contributed by atoms with van der Waals surface area (Å²) in [6, 6.07) is 0. The van der Waals surface area contributed by atoms with Gasteiger partial charge in [-0.1, -0.05) is 0 Å². The molecule has 1 aliphatic rings. The fourth-order valence-electron chi connectivity index (χ4n) is 1.78. The second kappa shape index (κ2) is 4.80. The maximum absolute atomic E-state index is 12.4. The predicted molar refractivity (Wildman–Crippen MR) is 84.0 cm³/mol. The maximum Gasteiger partial charge on any atom is 0.216 e. The molecule has 0 unspecified atom stereocenters. The first kappa shape index (κ1) is 14.0. The molecule has 0 radical (unpaired) electrons. The Kier molecular flexibility index (Phi) is 3.54. The van der Waals surface area contributed by atoms with Crippen molar-refractivity contribution in [1.29, 1.82) is 0 Å². The molecule has 0 N–H and O–H groups in total. The number of carbonyl (C=O) groups excluding carboxylic acids is 2. The molecule has 0 saturated heterocycles. The summed E-state index contributed by atoms with van der Waals surface area (Å²) < 4.78 is 10.2. The molecule has 3 rings (SSSR count). The molecule has 0 spiro atoms. The molecule has 96 valence electrons. The molecule has 1 aromatic carbocycles. The van der Waals surface area contributed by atoms with Crippen LogP contribution in [-0.2, 0) is 0 Å². The molecule has 4 nitrogen and oxygen atoms in total. The Balaban J connectivity index is 2.47. The Morgan fingerprint density at radius 1 is 0.684 bits per heavy atom. The molecular weight excluding hydrogens is 532 g/mol. The number of rotatable bonds is 0. The summed E-state index contributed by atoms with van der Waals surface area (Å²) in [6.07, 6.45) is 0. The molecule has 0 fully saturated rings. The van der Waals surface area contributed by atoms with Crippen molar-refractivity contribution in [2.75, 3.05) is 0 Å². The number of fused-ring (bicyclic) bond motifs is 2. The molecule has 1 aromatic heterocycles. The number of nitrogens with zero attached hydrogens (tertiary/aromatic N) is 2. The number of hydrogen-bond acceptors (Lipinski definition) is 5. The highest BCUT2D eigenvalue weighted by Crippen LogP contribution is 2.45. The van der Waals surface area contributed by atoms with E-state index in [1.54, 1.807) is 0 Å². The fourth-order valence-corrected chi connectivity index (χ4v) is 4.80. The number of hydrogen-bond donors (Lipinski definition) is 0. The molecule has 0 saturated carbocycles. The number of halogens is 4. The van der Waals surface area contributed by atoms with Crippen LogP contribution in [0.3, 0.4) is 0 Å². The third-order valence-corrected chi connectivity index (χ3v) is 7.94. The second-order valence-corrected chi connectivity index (χ2v) is 7.33. The maximum atomic E-state index is 12.4. The Labute approximate surface area is 144 Å². The zero-order valence-electron chi connectivity index (χ0n) is 8.63. The van der Waals surface area contributed by atoms with Gasteiger partial charge in [0.2, 0.25) is 11.6 Å². The predicted octanol–water partition coefficient (Wildman–Crippen LogP) is 4.36. The smallest absolute Gasteiger partial charge is 0.216 e. The lowest BCUT2D eigenvalue weighted by molar-refractivity contribution is 0.0972. The van der Waals surface area contributed by atoms with E-state index in [2.05, 4.69) is 72.5 Å². The van der Waals surface area contributed by atoms with E-state index in [1.807, 2.05) is 0 Å². The van der Waals surface area contributed by atoms with Gasteiger partial charge in [-0.05, 0) is 63.7 Å². The van der Waals surface area contributed by atoms with Gasteiger partial charge < -0.3 is 0 Å². The van der Waals surface area contributed by atoms with Crippen LogP contribution in [0.2, 0.25) is 0 Å². The van der Waals surface area contributed by atoms with Crippen LogP contribution in [-0.4, -0.2) is 20.3 Å². The Bertz CT molecular complexity index is 710. The third-order valence-electron chi connectivity index (χ3n) is 2.64. The normalized spacial score (nSPS) is 13.5. The molecule has 1 heterocycles. The fraction of sp³-hybridized carbons (Fsp3) is 0. The quantitative estimate of drug-likeness (QED) is 0.319. The summed E-state index contributed by atoms with van der Waals surface area (Å²) in [5.74, 6) is -0.613. The van der Waals surface area contributed by atoms with Gasteiger partial charge in [0.05, 0.1) is 22.9 Å². The van der Waals surface area contributed by atoms with Crippen molar-refractivity contribution in [2.45, 2.75) is 0 Å². The topological polar surface area (TPSA) is 59.9 Å². The van der Waals surface area contributed by atoms with Gasteiger partial charge in [-0.25, -0.2) is 0 Å². The average molecular weight is 532 g/mol. The van der Waals surface area contributed by atoms with Crippen molar-refractivity contribution in [2.24, 2.45) is 0 Å². The molecule has 1 aliphatic carbocycles. The van der Waals surface area contributed by atoms with Gasteiger partial charge in [-0.15, -0.1) is 0 Å². The number of aromatic nitrogens is 2. The summed E-state index contributed by atoms with van der Waals surface area (Å²) >= 11 is 14.3. The zero-order chi connectivity index (χ0) is 13.9. The first-order valence-corrected chi connectivity index (χ1v) is 8.63. The van der Waals surface area contributed by atoms with Gasteiger partial charge in [-0.3, -0.25) is 9.59 Å². The van der Waals surface area contributed by atoms with Gasteiger partial charge >= 0.3 is 0 Å². The van der Waals surface area contributed by atoms with Crippen LogP contribution in [0.4, 0.5) is 0 Å². The minimum absolute atomic E-state index is 0.115. The van der Waals surface area contributed by atoms with Crippen molar-refractivity contribution in [3.05, 3.63) is 40.4 Å². The lowest BCUT2D eigenvalue weighted by Gasteiger charge is -2.18. The molecular formula is C10Br4N2O2S. The van der Waals surface area contributed by atoms with Gasteiger partial charge in [0.1, 0.15) is 0 Å². The summed E-state index contributed by atoms with van der Waals surface area (Å²) in [6.45, 7) is 0. The standard InChI is InChI=1S/C10Br4N2O2S/c11-3-1-2(4(12)6(14)5(3)13)10(18)8-7(9(1)17)15-19-16-8. The largest absolute Gasteiger partial charge is 0.287 e. The highest BCUT2D eigenvalue weighted by molar-refractivity contribution is 9.15. The van der Waals surface area contributed by atoms with Crippen LogP contribution in [0, 0.1) is 0 Å². The van der Waals surface area contributed by atoms with Crippen LogP contribution in [0.15, 0.2) is 17.9 Å². The number of carbonyl (C=O) groups is 2. The molecule has 0 atom stereocenters. The van der Waals surface area contributed by atoms with Crippen LogP contribution in [0.5, 0.6) is 0 Å². The lowest BCUT2D eigenvalue weighted by Crippen LogP contribution is -2.22. The number of ketones is 2. The van der Waals surface area contributed by atoms with E-state index in [9.17, 15) is 9.59 Å². The second-order valence-electron chi connectivity index (χ2n) is 3.63. The molecule has 0 amide bonds. The number of benzene rings is 1. The monoisotopic (exact) mass is 528 g/mol. The van der Waals surface area contributed by atoms with E-state index in [-0.39, 0.29) is 23.0 Å². The first-order chi connectivity index (χ1) is 8.95. The molecule has 2 aromatic rings. The van der Waals surface area contributed by atoms with Gasteiger partial charge in [0.25, 0.3) is 0 Å². The summed E-state index contributed by atoms with van der Waals surface area (Å²) in [5.41, 5.74) is 0.827. The summed E-state index contributed by atoms with van der Waals surface area (Å²) in [7, 11) is 0. The highest BCUT2D eigenvalue weighted by Gasteiger charge is 2.38. The highest BCUT2D eigenvalue weighted by atomic mass is 79.9. The van der Waals surface area contributed by atoms with Gasteiger partial charge in [0, 0.05) is 17.9 Å². The zero-order valence-corrected chi connectivity index (χ0v) is 15.8. The van der Waals surface area contributed by atoms with Crippen LogP contribution in [0.1, 0.15) is 32.1 Å². The van der Waals surface area contributed by atoms with E-state index in [4.69, 9.17) is 0 Å². The third kappa shape index (κ3) is 1.85. The van der Waals surface area contributed by atoms with E-state index >= 15 is 0 Å². The minimum Gasteiger partial charge on any atom is -0.287 e. The Morgan fingerprint density at radius 3 is 1.42 bits per heavy atom. The average Bonchev–Trinajstić information content (AvgIpc) is 2.87. The van der Waals surface area contributed by atoms with Crippen molar-refractivity contribution < 1.29 is 9.59 Å². The summed E-state index contributed by atoms with van der Waals surface area (Å²) in [4.78, 5) is 24.8. The van der Waals surface area contributed by atoms with Gasteiger partial charge in [-0.2, -0.15) is 8.75 Å². The van der Waals surface area contributed by atoms with Crippen molar-refractivity contribution >= 4 is 87.0 Å². The van der Waals surface area contributed by atoms with E-state index in [1.165, 1.54) is 0 Å². The van der Waals surface area contributed by atoms with Crippen LogP contribution in [0.25, 0.3) is 0 Å². The van der Waals surface area contributed by atoms with E-state index in [0.717, 1.165) is 11.7 Å². The Morgan fingerprint density at radius 2 is 1.05 bits per heavy atom. The van der Waals surface area contributed by atoms with Crippen molar-refractivity contribution in [3.63, 3.8) is 0 Å². The van der Waals surface area contributed by atoms with Gasteiger partial charge in [0.15, 0.2) is 11.4 Å². The van der Waals surface area contributed by atoms with E-state index in [0.29, 0.717) is 29.0 Å². The lowest BCUT2D eigenvalue weighted by atomic mass is 9.90. The molecule has 0 aliphatic heterocycles. The van der Waals surface area contributed by atoms with Crippen LogP contribution >= 0.6 is 75.4 Å². The summed E-state index contributed by atoms with van der Waals surface area (Å²) in [5, 5.41) is 0. The van der Waals surface area contributed by atoms with Crippen molar-refractivity contribution in [1.82, 2.24) is 8.75 Å².